The second-order valence-electron chi connectivity index (χ2n) is 5.24. The van der Waals surface area contributed by atoms with Crippen LogP contribution in [0.4, 0.5) is 5.69 Å². The molecule has 0 radical (unpaired) electrons. The van der Waals surface area contributed by atoms with Gasteiger partial charge in [-0.2, -0.15) is 0 Å². The molecule has 1 saturated heterocycles. The van der Waals surface area contributed by atoms with Gasteiger partial charge in [-0.05, 0) is 24.0 Å². The van der Waals surface area contributed by atoms with E-state index in [0.29, 0.717) is 17.7 Å². The van der Waals surface area contributed by atoms with Gasteiger partial charge in [0.1, 0.15) is 6.61 Å². The lowest BCUT2D eigenvalue weighted by atomic mass is 10.1. The Balaban J connectivity index is 1.77. The van der Waals surface area contributed by atoms with Crippen LogP contribution >= 0.6 is 11.8 Å². The summed E-state index contributed by atoms with van der Waals surface area (Å²) in [7, 11) is 0. The molecule has 1 amide bonds. The van der Waals surface area contributed by atoms with Gasteiger partial charge in [0.15, 0.2) is 0 Å². The predicted molar refractivity (Wildman–Crippen MR) is 91.4 cm³/mol. The zero-order valence-electron chi connectivity index (χ0n) is 12.8. The van der Waals surface area contributed by atoms with Gasteiger partial charge in [0, 0.05) is 0 Å². The zero-order valence-corrected chi connectivity index (χ0v) is 13.6. The highest BCUT2D eigenvalue weighted by molar-refractivity contribution is 7.99. The minimum absolute atomic E-state index is 0.0349. The highest BCUT2D eigenvalue weighted by atomic mass is 32.2. The smallest absolute Gasteiger partial charge is 0.340 e. The average molecular weight is 327 g/mol. The molecule has 118 valence electrons. The Kier molecular flexibility index (Phi) is 4.67. The van der Waals surface area contributed by atoms with Crippen LogP contribution < -0.4 is 4.90 Å². The van der Waals surface area contributed by atoms with Crippen LogP contribution in [0.25, 0.3) is 0 Å². The second-order valence-corrected chi connectivity index (χ2v) is 6.25. The van der Waals surface area contributed by atoms with Gasteiger partial charge < -0.3 is 4.74 Å². The lowest BCUT2D eigenvalue weighted by molar-refractivity contribution is -0.122. The number of thioether (sulfide) groups is 1. The lowest BCUT2D eigenvalue weighted by Gasteiger charge is -2.39. The van der Waals surface area contributed by atoms with Crippen molar-refractivity contribution in [1.82, 2.24) is 0 Å². The fraction of sp³-hybridized carbons (Fsp3) is 0.222. The first kappa shape index (κ1) is 15.6. The van der Waals surface area contributed by atoms with Crippen LogP contribution in [0.1, 0.15) is 22.3 Å². The zero-order chi connectivity index (χ0) is 16.2. The number of esters is 1. The van der Waals surface area contributed by atoms with Crippen molar-refractivity contribution >= 4 is 29.3 Å². The number of ether oxygens (including phenoxy) is 1. The molecular formula is C18H17NO3S. The summed E-state index contributed by atoms with van der Waals surface area (Å²) in [6.45, 7) is 0.216. The van der Waals surface area contributed by atoms with Crippen molar-refractivity contribution in [2.75, 3.05) is 11.2 Å². The van der Waals surface area contributed by atoms with E-state index in [1.54, 1.807) is 34.9 Å². The quantitative estimate of drug-likeness (QED) is 0.623. The van der Waals surface area contributed by atoms with Gasteiger partial charge in [-0.25, -0.2) is 4.79 Å². The summed E-state index contributed by atoms with van der Waals surface area (Å²) in [4.78, 5) is 26.0. The van der Waals surface area contributed by atoms with Gasteiger partial charge in [-0.3, -0.25) is 9.69 Å². The van der Waals surface area contributed by atoms with Gasteiger partial charge in [-0.15, -0.1) is 11.8 Å². The maximum Gasteiger partial charge on any atom is 0.340 e. The first-order chi connectivity index (χ1) is 11.2. The Bertz CT molecular complexity index is 717. The van der Waals surface area contributed by atoms with Crippen molar-refractivity contribution in [3.8, 4) is 0 Å². The number of carbonyl (C=O) groups is 2. The Labute approximate surface area is 139 Å². The number of β-lactam (4-membered cyclic amide) rings is 1. The van der Waals surface area contributed by atoms with E-state index >= 15 is 0 Å². The predicted octanol–water partition coefficient (Wildman–Crippen LogP) is 3.47. The molecular weight excluding hydrogens is 310 g/mol. The molecule has 1 atom stereocenters. The molecule has 0 aliphatic carbocycles. The Morgan fingerprint density at radius 2 is 1.87 bits per heavy atom. The van der Waals surface area contributed by atoms with Crippen molar-refractivity contribution < 1.29 is 14.3 Å². The van der Waals surface area contributed by atoms with Crippen molar-refractivity contribution in [2.24, 2.45) is 0 Å². The van der Waals surface area contributed by atoms with E-state index in [0.717, 1.165) is 5.56 Å². The Morgan fingerprint density at radius 3 is 2.57 bits per heavy atom. The third kappa shape index (κ3) is 3.24. The molecule has 0 N–H and O–H groups in total. The number of hydrogen-bond acceptors (Lipinski definition) is 4. The molecule has 5 heteroatoms. The van der Waals surface area contributed by atoms with Crippen molar-refractivity contribution in [2.45, 2.75) is 18.4 Å². The van der Waals surface area contributed by atoms with Crippen LogP contribution in [-0.4, -0.2) is 23.5 Å². The maximum absolute atomic E-state index is 12.4. The van der Waals surface area contributed by atoms with Gasteiger partial charge in [0.05, 0.1) is 23.0 Å². The summed E-state index contributed by atoms with van der Waals surface area (Å²) >= 11 is 1.60. The number of anilines is 1. The van der Waals surface area contributed by atoms with E-state index in [2.05, 4.69) is 0 Å². The van der Waals surface area contributed by atoms with Gasteiger partial charge >= 0.3 is 5.97 Å². The summed E-state index contributed by atoms with van der Waals surface area (Å²) in [5, 5.41) is 0.0885. The molecule has 4 nitrogen and oxygen atoms in total. The number of amides is 1. The summed E-state index contributed by atoms with van der Waals surface area (Å²) in [6, 6.07) is 16.6. The standard InChI is InChI=1S/C18H17NO3S/c1-23-17-11-16(20)19(17)15-10-6-5-9-14(15)18(21)22-12-13-7-3-2-4-8-13/h2-10,17H,11-12H2,1H3. The number of para-hydroxylation sites is 1. The first-order valence-electron chi connectivity index (χ1n) is 7.35. The Hall–Kier alpha value is -2.27. The minimum atomic E-state index is -0.413. The highest BCUT2D eigenvalue weighted by Crippen LogP contribution is 2.35. The summed E-state index contributed by atoms with van der Waals surface area (Å²) < 4.78 is 5.39. The number of hydrogen-bond donors (Lipinski definition) is 0. The minimum Gasteiger partial charge on any atom is -0.457 e. The van der Waals surface area contributed by atoms with Crippen LogP contribution in [0.15, 0.2) is 54.6 Å². The van der Waals surface area contributed by atoms with E-state index in [9.17, 15) is 9.59 Å². The van der Waals surface area contributed by atoms with Crippen LogP contribution in [-0.2, 0) is 16.1 Å². The largest absolute Gasteiger partial charge is 0.457 e. The fourth-order valence-corrected chi connectivity index (χ4v) is 3.27. The molecule has 0 aromatic heterocycles. The number of nitrogens with zero attached hydrogens (tertiary/aromatic N) is 1. The molecule has 1 heterocycles. The summed E-state index contributed by atoms with van der Waals surface area (Å²) in [6.07, 6.45) is 2.47. The SMILES string of the molecule is CSC1CC(=O)N1c1ccccc1C(=O)OCc1ccccc1. The fourth-order valence-electron chi connectivity index (χ4n) is 2.52. The molecule has 0 saturated carbocycles. The van der Waals surface area contributed by atoms with Gasteiger partial charge in [0.25, 0.3) is 0 Å². The van der Waals surface area contributed by atoms with E-state index < -0.39 is 5.97 Å². The van der Waals surface area contributed by atoms with Crippen molar-refractivity contribution in [3.63, 3.8) is 0 Å². The van der Waals surface area contributed by atoms with E-state index in [-0.39, 0.29) is 17.9 Å². The van der Waals surface area contributed by atoms with Crippen LogP contribution in [0.3, 0.4) is 0 Å². The topological polar surface area (TPSA) is 46.6 Å². The molecule has 1 unspecified atom stereocenters. The van der Waals surface area contributed by atoms with E-state index in [1.165, 1.54) is 0 Å². The van der Waals surface area contributed by atoms with Crippen molar-refractivity contribution in [1.29, 1.82) is 0 Å². The van der Waals surface area contributed by atoms with Gasteiger partial charge in [-0.1, -0.05) is 42.5 Å². The van der Waals surface area contributed by atoms with Gasteiger partial charge in [0.2, 0.25) is 5.91 Å². The third-order valence-electron chi connectivity index (χ3n) is 3.77. The van der Waals surface area contributed by atoms with Crippen LogP contribution in [0.2, 0.25) is 0 Å². The maximum atomic E-state index is 12.4. The molecule has 23 heavy (non-hydrogen) atoms. The molecule has 0 bridgehead atoms. The molecule has 1 aliphatic heterocycles. The molecule has 2 aromatic carbocycles. The highest BCUT2D eigenvalue weighted by Gasteiger charge is 2.38. The molecule has 3 rings (SSSR count). The lowest BCUT2D eigenvalue weighted by Crippen LogP contribution is -2.51. The number of benzene rings is 2. The molecule has 0 spiro atoms. The monoisotopic (exact) mass is 327 g/mol. The summed E-state index contributed by atoms with van der Waals surface area (Å²) in [5.74, 6) is -0.378. The Morgan fingerprint density at radius 1 is 1.17 bits per heavy atom. The van der Waals surface area contributed by atoms with Crippen molar-refractivity contribution in [3.05, 3.63) is 65.7 Å². The number of carbonyl (C=O) groups excluding carboxylic acids is 2. The molecule has 2 aromatic rings. The summed E-state index contributed by atoms with van der Waals surface area (Å²) in [5.41, 5.74) is 1.98. The molecule has 1 aliphatic rings. The van der Waals surface area contributed by atoms with Crippen LogP contribution in [0, 0.1) is 0 Å². The third-order valence-corrected chi connectivity index (χ3v) is 4.70. The van der Waals surface area contributed by atoms with Crippen LogP contribution in [0.5, 0.6) is 0 Å². The first-order valence-corrected chi connectivity index (χ1v) is 8.64. The average Bonchev–Trinajstić information content (AvgIpc) is 2.58. The number of rotatable bonds is 5. The molecule has 1 fully saturated rings. The second kappa shape index (κ2) is 6.87. The normalized spacial score (nSPS) is 16.8. The van der Waals surface area contributed by atoms with E-state index in [4.69, 9.17) is 4.74 Å². The van der Waals surface area contributed by atoms with E-state index in [1.807, 2.05) is 42.7 Å².